The Kier molecular flexibility index (Phi) is 10.8. The van der Waals surface area contributed by atoms with Crippen LogP contribution in [0.25, 0.3) is 0 Å². The molecular weight excluding hydrogens is 828 g/mol. The molecule has 3 aromatic rings. The molecule has 0 bridgehead atoms. The van der Waals surface area contributed by atoms with E-state index in [1.807, 2.05) is 0 Å². The molecule has 0 heterocycles. The van der Waals surface area contributed by atoms with Gasteiger partial charge in [0.2, 0.25) is 25.0 Å². The molecule has 1 aliphatic carbocycles. The molecule has 1 aliphatic rings. The highest BCUT2D eigenvalue weighted by molar-refractivity contribution is 9.11. The number of halogens is 3. The fourth-order valence-corrected chi connectivity index (χ4v) is 9.95. The second-order valence-corrected chi connectivity index (χ2v) is 34.5. The third-order valence-corrected chi connectivity index (χ3v) is 26.4. The summed E-state index contributed by atoms with van der Waals surface area (Å²) in [5, 5.41) is 0.219. The Morgan fingerprint density at radius 1 is 0.532 bits per heavy atom. The zero-order valence-corrected chi connectivity index (χ0v) is 38.9. The zero-order valence-electron chi connectivity index (χ0n) is 31.2. The molecule has 0 radical (unpaired) electrons. The normalized spacial score (nSPS) is 14.9. The van der Waals surface area contributed by atoms with Crippen LogP contribution in [0.5, 0.6) is 17.2 Å². The van der Waals surface area contributed by atoms with E-state index in [1.54, 1.807) is 0 Å². The quantitative estimate of drug-likeness (QED) is 0.173. The maximum atomic E-state index is 7.14. The molecule has 0 aliphatic heterocycles. The summed E-state index contributed by atoms with van der Waals surface area (Å²) in [6, 6.07) is 15.2. The van der Waals surface area contributed by atoms with Crippen molar-refractivity contribution in [2.45, 2.75) is 129 Å². The van der Waals surface area contributed by atoms with Gasteiger partial charge in [-0.05, 0) is 114 Å². The summed E-state index contributed by atoms with van der Waals surface area (Å²) in [6.07, 6.45) is 0.728. The molecule has 0 saturated carbocycles. The lowest BCUT2D eigenvalue weighted by molar-refractivity contribution is 0.479. The van der Waals surface area contributed by atoms with Crippen LogP contribution in [-0.2, 0) is 6.42 Å². The SMILES string of the molecule is CC(C)(C)[Si](C)(C)Oc1ccc(Br)c(C2c3c(Br)ccc(O[Si](C)(C)C(C)(C)C)c3Cc3c(O[Si](C)(C)C(C)(C)C)ccc(Br)c32)c1. The summed E-state index contributed by atoms with van der Waals surface area (Å²) in [5.41, 5.74) is 6.09. The van der Waals surface area contributed by atoms with Gasteiger partial charge in [0.25, 0.3) is 0 Å². The zero-order chi connectivity index (χ0) is 35.7. The van der Waals surface area contributed by atoms with Crippen LogP contribution in [0.4, 0.5) is 0 Å². The summed E-state index contributed by atoms with van der Waals surface area (Å²) in [6.45, 7) is 34.6. The van der Waals surface area contributed by atoms with Gasteiger partial charge >= 0.3 is 0 Å². The van der Waals surface area contributed by atoms with Crippen molar-refractivity contribution < 1.29 is 13.3 Å². The molecule has 0 aromatic heterocycles. The third kappa shape index (κ3) is 7.75. The van der Waals surface area contributed by atoms with Gasteiger partial charge in [-0.3, -0.25) is 0 Å². The fourth-order valence-electron chi connectivity index (χ4n) is 5.15. The predicted molar refractivity (Wildman–Crippen MR) is 220 cm³/mol. The van der Waals surface area contributed by atoms with Crippen LogP contribution in [0, 0.1) is 0 Å². The van der Waals surface area contributed by atoms with Gasteiger partial charge in [-0.25, -0.2) is 0 Å². The minimum atomic E-state index is -2.14. The molecule has 0 amide bonds. The predicted octanol–water partition coefficient (Wildman–Crippen LogP) is 14.2. The summed E-state index contributed by atoms with van der Waals surface area (Å²) in [4.78, 5) is 0. The molecule has 0 unspecified atom stereocenters. The summed E-state index contributed by atoms with van der Waals surface area (Å²) in [5.74, 6) is 2.78. The van der Waals surface area contributed by atoms with Crippen molar-refractivity contribution in [2.24, 2.45) is 0 Å². The second kappa shape index (κ2) is 13.0. The third-order valence-electron chi connectivity index (χ3n) is 11.3. The van der Waals surface area contributed by atoms with Crippen molar-refractivity contribution in [3.8, 4) is 17.2 Å². The van der Waals surface area contributed by atoms with Crippen molar-refractivity contribution in [3.63, 3.8) is 0 Å². The molecule has 0 fully saturated rings. The largest absolute Gasteiger partial charge is 0.543 e. The average molecular weight is 884 g/mol. The molecule has 4 rings (SSSR count). The van der Waals surface area contributed by atoms with Crippen molar-refractivity contribution in [2.75, 3.05) is 0 Å². The Labute approximate surface area is 313 Å². The molecule has 0 atom stereocenters. The van der Waals surface area contributed by atoms with Crippen LogP contribution in [0.2, 0.25) is 54.4 Å². The van der Waals surface area contributed by atoms with E-state index in [2.05, 4.69) is 192 Å². The van der Waals surface area contributed by atoms with Crippen LogP contribution in [0.15, 0.2) is 55.9 Å². The van der Waals surface area contributed by atoms with Crippen LogP contribution in [0.3, 0.4) is 0 Å². The molecule has 0 N–H and O–H groups in total. The van der Waals surface area contributed by atoms with E-state index in [0.717, 1.165) is 37.1 Å². The van der Waals surface area contributed by atoms with Gasteiger partial charge in [0.1, 0.15) is 17.2 Å². The Morgan fingerprint density at radius 2 is 0.894 bits per heavy atom. The fraction of sp³-hybridized carbons (Fsp3) is 0.526. The lowest BCUT2D eigenvalue weighted by atomic mass is 9.74. The lowest BCUT2D eigenvalue weighted by Crippen LogP contribution is -2.44. The number of benzene rings is 3. The highest BCUT2D eigenvalue weighted by atomic mass is 79.9. The number of hydrogen-bond donors (Lipinski definition) is 0. The van der Waals surface area contributed by atoms with E-state index in [4.69, 9.17) is 13.3 Å². The van der Waals surface area contributed by atoms with Crippen LogP contribution in [-0.4, -0.2) is 25.0 Å². The molecule has 258 valence electrons. The number of fused-ring (bicyclic) bond motifs is 2. The first-order chi connectivity index (χ1) is 21.2. The maximum Gasteiger partial charge on any atom is 0.250 e. The lowest BCUT2D eigenvalue weighted by Gasteiger charge is -2.41. The maximum absolute atomic E-state index is 7.14. The molecule has 9 heteroatoms. The van der Waals surface area contributed by atoms with Crippen LogP contribution >= 0.6 is 47.8 Å². The topological polar surface area (TPSA) is 27.7 Å². The Hall–Kier alpha value is -0.849. The van der Waals surface area contributed by atoms with Gasteiger partial charge in [-0.1, -0.05) is 110 Å². The van der Waals surface area contributed by atoms with E-state index in [0.29, 0.717) is 0 Å². The number of rotatable bonds is 7. The Bertz CT molecular complexity index is 1580. The first kappa shape index (κ1) is 38.9. The van der Waals surface area contributed by atoms with E-state index in [1.165, 1.54) is 27.8 Å². The number of hydrogen-bond acceptors (Lipinski definition) is 3. The van der Waals surface area contributed by atoms with Gasteiger partial charge in [0, 0.05) is 36.9 Å². The highest BCUT2D eigenvalue weighted by Crippen LogP contribution is 2.54. The first-order valence-electron chi connectivity index (χ1n) is 16.7. The van der Waals surface area contributed by atoms with E-state index in [9.17, 15) is 0 Å². The Morgan fingerprint density at radius 3 is 1.28 bits per heavy atom. The smallest absolute Gasteiger partial charge is 0.250 e. The van der Waals surface area contributed by atoms with Crippen molar-refractivity contribution >= 4 is 72.7 Å². The van der Waals surface area contributed by atoms with E-state index >= 15 is 0 Å². The molecule has 3 nitrogen and oxygen atoms in total. The standard InChI is InChI=1S/C38H55Br3O3Si3/c1-36(2,3)45(10,11)42-24-16-17-28(39)25(22-24)35-33-26(31(20-18-29(33)40)43-46(12,13)37(4,5)6)23-27-32(21-19-30(41)34(27)35)44-47(14,15)38(7,8)9/h16-22,35H,23H2,1-15H3. The van der Waals surface area contributed by atoms with Crippen LogP contribution < -0.4 is 13.3 Å². The molecule has 0 spiro atoms. The molecule has 3 aromatic carbocycles. The van der Waals surface area contributed by atoms with Gasteiger partial charge in [0.05, 0.1) is 0 Å². The molecule has 47 heavy (non-hydrogen) atoms. The van der Waals surface area contributed by atoms with Gasteiger partial charge in [0.15, 0.2) is 0 Å². The first-order valence-corrected chi connectivity index (χ1v) is 27.8. The highest BCUT2D eigenvalue weighted by Gasteiger charge is 2.44. The summed E-state index contributed by atoms with van der Waals surface area (Å²) in [7, 11) is -6.35. The summed E-state index contributed by atoms with van der Waals surface area (Å²) >= 11 is 12.1. The molecular formula is C38H55Br3O3Si3. The Balaban J connectivity index is 2.05. The average Bonchev–Trinajstić information content (AvgIpc) is 2.90. The van der Waals surface area contributed by atoms with Gasteiger partial charge < -0.3 is 13.3 Å². The van der Waals surface area contributed by atoms with Crippen molar-refractivity contribution in [1.29, 1.82) is 0 Å². The van der Waals surface area contributed by atoms with Crippen molar-refractivity contribution in [1.82, 2.24) is 0 Å². The monoisotopic (exact) mass is 880 g/mol. The minimum Gasteiger partial charge on any atom is -0.543 e. The molecule has 0 saturated heterocycles. The second-order valence-electron chi connectivity index (χ2n) is 17.8. The van der Waals surface area contributed by atoms with Crippen molar-refractivity contribution in [3.05, 3.63) is 83.7 Å². The van der Waals surface area contributed by atoms with E-state index < -0.39 is 25.0 Å². The van der Waals surface area contributed by atoms with Gasteiger partial charge in [-0.2, -0.15) is 0 Å². The minimum absolute atomic E-state index is 0.0665. The van der Waals surface area contributed by atoms with E-state index in [-0.39, 0.29) is 21.0 Å². The summed E-state index contributed by atoms with van der Waals surface area (Å²) < 4.78 is 24.4. The van der Waals surface area contributed by atoms with Crippen LogP contribution in [0.1, 0.15) is 96.0 Å². The van der Waals surface area contributed by atoms with Gasteiger partial charge in [-0.15, -0.1) is 0 Å².